The van der Waals surface area contributed by atoms with Crippen LogP contribution in [-0.2, 0) is 4.79 Å². The SMILES string of the molecule is CNC(=O)NC(=O)C(C)Oc1cc(Br)ccc1[C@H](C)N. The Morgan fingerprint density at radius 3 is 2.55 bits per heavy atom. The van der Waals surface area contributed by atoms with Gasteiger partial charge in [-0.2, -0.15) is 0 Å². The van der Waals surface area contributed by atoms with E-state index in [9.17, 15) is 9.59 Å². The second-order valence-corrected chi connectivity index (χ2v) is 5.21. The van der Waals surface area contributed by atoms with Gasteiger partial charge >= 0.3 is 6.03 Å². The molecule has 110 valence electrons. The van der Waals surface area contributed by atoms with E-state index in [-0.39, 0.29) is 6.04 Å². The van der Waals surface area contributed by atoms with Crippen LogP contribution in [0.3, 0.4) is 0 Å². The molecule has 3 amide bonds. The van der Waals surface area contributed by atoms with E-state index in [1.54, 1.807) is 13.0 Å². The summed E-state index contributed by atoms with van der Waals surface area (Å²) < 4.78 is 6.41. The van der Waals surface area contributed by atoms with Gasteiger partial charge in [0.1, 0.15) is 5.75 Å². The Labute approximate surface area is 126 Å². The third-order valence-electron chi connectivity index (χ3n) is 2.60. The van der Waals surface area contributed by atoms with Gasteiger partial charge in [-0.1, -0.05) is 22.0 Å². The third-order valence-corrected chi connectivity index (χ3v) is 3.10. The van der Waals surface area contributed by atoms with Crippen LogP contribution >= 0.6 is 15.9 Å². The van der Waals surface area contributed by atoms with Crippen molar-refractivity contribution in [3.63, 3.8) is 0 Å². The van der Waals surface area contributed by atoms with Crippen molar-refractivity contribution < 1.29 is 14.3 Å². The number of urea groups is 1. The molecule has 4 N–H and O–H groups in total. The average molecular weight is 344 g/mol. The molecule has 0 aromatic heterocycles. The lowest BCUT2D eigenvalue weighted by molar-refractivity contribution is -0.126. The maximum atomic E-state index is 11.7. The molecule has 0 aliphatic heterocycles. The Morgan fingerprint density at radius 1 is 1.35 bits per heavy atom. The molecule has 0 spiro atoms. The number of nitrogens with two attached hydrogens (primary N) is 1. The fourth-order valence-electron chi connectivity index (χ4n) is 1.51. The van der Waals surface area contributed by atoms with Crippen LogP contribution in [-0.4, -0.2) is 25.1 Å². The number of nitrogens with one attached hydrogen (secondary N) is 2. The molecular weight excluding hydrogens is 326 g/mol. The van der Waals surface area contributed by atoms with E-state index in [0.717, 1.165) is 10.0 Å². The number of hydrogen-bond acceptors (Lipinski definition) is 4. The van der Waals surface area contributed by atoms with Crippen LogP contribution in [0.15, 0.2) is 22.7 Å². The number of imide groups is 1. The van der Waals surface area contributed by atoms with E-state index in [1.165, 1.54) is 7.05 Å². The Balaban J connectivity index is 2.84. The minimum absolute atomic E-state index is 0.229. The number of amides is 3. The van der Waals surface area contributed by atoms with Crippen molar-refractivity contribution in [2.45, 2.75) is 26.0 Å². The van der Waals surface area contributed by atoms with Gasteiger partial charge in [0.25, 0.3) is 5.91 Å². The van der Waals surface area contributed by atoms with Crippen LogP contribution in [0.4, 0.5) is 4.79 Å². The lowest BCUT2D eigenvalue weighted by Gasteiger charge is -2.18. The normalized spacial score (nSPS) is 13.2. The number of carbonyl (C=O) groups excluding carboxylic acids is 2. The van der Waals surface area contributed by atoms with Crippen molar-refractivity contribution in [3.8, 4) is 5.75 Å². The summed E-state index contributed by atoms with van der Waals surface area (Å²) in [4.78, 5) is 22.8. The van der Waals surface area contributed by atoms with Gasteiger partial charge < -0.3 is 15.8 Å². The first-order valence-electron chi connectivity index (χ1n) is 6.09. The van der Waals surface area contributed by atoms with E-state index in [1.807, 2.05) is 19.1 Å². The first-order valence-corrected chi connectivity index (χ1v) is 6.88. The molecule has 0 fully saturated rings. The second kappa shape index (κ2) is 7.25. The molecule has 1 aromatic rings. The fourth-order valence-corrected chi connectivity index (χ4v) is 1.85. The lowest BCUT2D eigenvalue weighted by Crippen LogP contribution is -2.44. The first-order chi connectivity index (χ1) is 9.35. The molecule has 0 aliphatic carbocycles. The van der Waals surface area contributed by atoms with Crippen molar-refractivity contribution in [1.29, 1.82) is 0 Å². The van der Waals surface area contributed by atoms with Gasteiger partial charge in [-0.05, 0) is 26.0 Å². The summed E-state index contributed by atoms with van der Waals surface area (Å²) in [5.74, 6) is -0.0196. The van der Waals surface area contributed by atoms with Crippen LogP contribution in [0.5, 0.6) is 5.75 Å². The van der Waals surface area contributed by atoms with Crippen molar-refractivity contribution in [2.75, 3.05) is 7.05 Å². The molecule has 7 heteroatoms. The van der Waals surface area contributed by atoms with Crippen LogP contribution in [0, 0.1) is 0 Å². The highest BCUT2D eigenvalue weighted by molar-refractivity contribution is 9.10. The van der Waals surface area contributed by atoms with E-state index in [4.69, 9.17) is 10.5 Å². The predicted molar refractivity (Wildman–Crippen MR) is 79.4 cm³/mol. The van der Waals surface area contributed by atoms with Crippen molar-refractivity contribution in [3.05, 3.63) is 28.2 Å². The Kier molecular flexibility index (Phi) is 5.97. The maximum Gasteiger partial charge on any atom is 0.321 e. The zero-order chi connectivity index (χ0) is 15.3. The quantitative estimate of drug-likeness (QED) is 0.775. The molecule has 0 aliphatic rings. The number of carbonyl (C=O) groups is 2. The van der Waals surface area contributed by atoms with Crippen LogP contribution in [0.2, 0.25) is 0 Å². The third kappa shape index (κ3) is 4.50. The van der Waals surface area contributed by atoms with E-state index in [0.29, 0.717) is 5.75 Å². The average Bonchev–Trinajstić information content (AvgIpc) is 2.38. The molecule has 20 heavy (non-hydrogen) atoms. The molecule has 6 nitrogen and oxygen atoms in total. The highest BCUT2D eigenvalue weighted by Gasteiger charge is 2.19. The fraction of sp³-hybridized carbons (Fsp3) is 0.385. The van der Waals surface area contributed by atoms with Crippen molar-refractivity contribution in [2.24, 2.45) is 5.73 Å². The molecule has 1 aromatic carbocycles. The zero-order valence-electron chi connectivity index (χ0n) is 11.6. The van der Waals surface area contributed by atoms with Crippen LogP contribution in [0.25, 0.3) is 0 Å². The van der Waals surface area contributed by atoms with Gasteiger partial charge in [-0.15, -0.1) is 0 Å². The molecule has 0 saturated carbocycles. The maximum absolute atomic E-state index is 11.7. The van der Waals surface area contributed by atoms with Crippen molar-refractivity contribution in [1.82, 2.24) is 10.6 Å². The smallest absolute Gasteiger partial charge is 0.321 e. The highest BCUT2D eigenvalue weighted by atomic mass is 79.9. The highest BCUT2D eigenvalue weighted by Crippen LogP contribution is 2.28. The van der Waals surface area contributed by atoms with Crippen molar-refractivity contribution >= 4 is 27.9 Å². The lowest BCUT2D eigenvalue weighted by atomic mass is 10.1. The second-order valence-electron chi connectivity index (χ2n) is 4.30. The Hall–Kier alpha value is -1.60. The van der Waals surface area contributed by atoms with Gasteiger partial charge in [-0.25, -0.2) is 4.79 Å². The predicted octanol–water partition coefficient (Wildman–Crippen LogP) is 1.69. The van der Waals surface area contributed by atoms with Crippen LogP contribution < -0.4 is 21.1 Å². The number of hydrogen-bond donors (Lipinski definition) is 3. The molecule has 0 bridgehead atoms. The molecule has 2 atom stereocenters. The van der Waals surface area contributed by atoms with Gasteiger partial charge in [0.05, 0.1) is 0 Å². The largest absolute Gasteiger partial charge is 0.480 e. The van der Waals surface area contributed by atoms with Gasteiger partial charge in [0.2, 0.25) is 0 Å². The molecule has 0 saturated heterocycles. The molecular formula is C13H18BrN3O3. The zero-order valence-corrected chi connectivity index (χ0v) is 13.2. The van der Waals surface area contributed by atoms with Crippen LogP contribution in [0.1, 0.15) is 25.5 Å². The number of benzene rings is 1. The molecule has 0 heterocycles. The van der Waals surface area contributed by atoms with E-state index in [2.05, 4.69) is 26.6 Å². The molecule has 0 radical (unpaired) electrons. The molecule has 1 rings (SSSR count). The summed E-state index contributed by atoms with van der Waals surface area (Å²) in [7, 11) is 1.43. The summed E-state index contributed by atoms with van der Waals surface area (Å²) in [6, 6.07) is 4.61. The van der Waals surface area contributed by atoms with Gasteiger partial charge in [0.15, 0.2) is 6.10 Å². The summed E-state index contributed by atoms with van der Waals surface area (Å²) in [5, 5.41) is 4.46. The summed E-state index contributed by atoms with van der Waals surface area (Å²) in [6.45, 7) is 3.38. The minimum atomic E-state index is -0.820. The van der Waals surface area contributed by atoms with E-state index >= 15 is 0 Å². The number of halogens is 1. The Bertz CT molecular complexity index is 506. The topological polar surface area (TPSA) is 93.5 Å². The number of ether oxygens (including phenoxy) is 1. The summed E-state index contributed by atoms with van der Waals surface area (Å²) in [6.07, 6.45) is -0.820. The summed E-state index contributed by atoms with van der Waals surface area (Å²) in [5.41, 5.74) is 6.64. The molecule has 1 unspecified atom stereocenters. The monoisotopic (exact) mass is 343 g/mol. The van der Waals surface area contributed by atoms with Gasteiger partial charge in [0, 0.05) is 23.1 Å². The Morgan fingerprint density at radius 2 is 2.00 bits per heavy atom. The first kappa shape index (κ1) is 16.5. The minimum Gasteiger partial charge on any atom is -0.480 e. The van der Waals surface area contributed by atoms with E-state index < -0.39 is 18.0 Å². The standard InChI is InChI=1S/C13H18BrN3O3/c1-7(15)10-5-4-9(14)6-11(10)20-8(2)12(18)17-13(19)16-3/h4-8H,15H2,1-3H3,(H2,16,17,18,19)/t7-,8?/m0/s1. The number of rotatable bonds is 4. The summed E-state index contributed by atoms with van der Waals surface area (Å²) >= 11 is 3.34. The van der Waals surface area contributed by atoms with Gasteiger partial charge in [-0.3, -0.25) is 10.1 Å².